The lowest BCUT2D eigenvalue weighted by atomic mass is 10.0. The average Bonchev–Trinajstić information content (AvgIpc) is 2.88. The third-order valence-electron chi connectivity index (χ3n) is 4.21. The lowest BCUT2D eigenvalue weighted by molar-refractivity contribution is 0.415. The summed E-state index contributed by atoms with van der Waals surface area (Å²) in [6.45, 7) is 0. The molecule has 28 heavy (non-hydrogen) atoms. The Labute approximate surface area is 174 Å². The molecule has 144 valence electrons. The zero-order chi connectivity index (χ0) is 19.8. The standard InChI is InChI=1S/C17H15Cl2N7OS/c1-27-8-4-2-7(3-5-8)9-6-10(12-13(18)24-16(19)28-12)23-15-11(22-9)14(20)25-17(21)26-15/h2-5,10H,6H2,1H3,(H5,20,21,23,25,26). The van der Waals surface area contributed by atoms with E-state index in [1.807, 2.05) is 24.3 Å². The smallest absolute Gasteiger partial charge is 0.224 e. The number of anilines is 3. The molecule has 1 aromatic carbocycles. The quantitative estimate of drug-likeness (QED) is 0.565. The number of rotatable bonds is 3. The van der Waals surface area contributed by atoms with Crippen molar-refractivity contribution in [3.63, 3.8) is 0 Å². The second kappa shape index (κ2) is 7.42. The fourth-order valence-electron chi connectivity index (χ4n) is 2.92. The van der Waals surface area contributed by atoms with E-state index in [1.54, 1.807) is 7.11 Å². The molecule has 0 aliphatic carbocycles. The Bertz CT molecular complexity index is 1070. The van der Waals surface area contributed by atoms with Crippen LogP contribution in [0.15, 0.2) is 29.3 Å². The minimum Gasteiger partial charge on any atom is -0.497 e. The second-order valence-corrected chi connectivity index (χ2v) is 7.94. The molecule has 0 fully saturated rings. The van der Waals surface area contributed by atoms with Crippen molar-refractivity contribution >= 4 is 63.5 Å². The van der Waals surface area contributed by atoms with Crippen LogP contribution in [0, 0.1) is 0 Å². The molecule has 8 nitrogen and oxygen atoms in total. The number of aliphatic imine (C=N–C) groups is 1. The number of benzene rings is 1. The van der Waals surface area contributed by atoms with Gasteiger partial charge >= 0.3 is 0 Å². The normalized spacial score (nSPS) is 16.0. The predicted molar refractivity (Wildman–Crippen MR) is 113 cm³/mol. The number of methoxy groups -OCH3 is 1. The van der Waals surface area contributed by atoms with E-state index in [2.05, 4.69) is 20.3 Å². The van der Waals surface area contributed by atoms with Gasteiger partial charge in [0.2, 0.25) is 5.95 Å². The Balaban J connectivity index is 1.85. The Morgan fingerprint density at radius 3 is 2.54 bits per heavy atom. The molecule has 0 amide bonds. The molecule has 1 aliphatic rings. The SMILES string of the molecule is COc1ccc(C2=Nc3c(N)nc(N)nc3NC(c3sc(Cl)nc3Cl)C2)cc1. The Morgan fingerprint density at radius 1 is 1.14 bits per heavy atom. The first-order chi connectivity index (χ1) is 13.4. The number of nitrogen functional groups attached to an aromatic ring is 2. The first-order valence-electron chi connectivity index (χ1n) is 8.18. The highest BCUT2D eigenvalue weighted by Gasteiger charge is 2.27. The van der Waals surface area contributed by atoms with Crippen LogP contribution in [0.5, 0.6) is 5.75 Å². The highest BCUT2D eigenvalue weighted by molar-refractivity contribution is 7.16. The molecule has 0 spiro atoms. The third kappa shape index (κ3) is 3.56. The molecule has 3 aromatic rings. The monoisotopic (exact) mass is 435 g/mol. The number of thiazole rings is 1. The molecule has 1 unspecified atom stereocenters. The number of nitrogens with zero attached hydrogens (tertiary/aromatic N) is 4. The summed E-state index contributed by atoms with van der Waals surface area (Å²) in [5, 5.41) is 3.64. The average molecular weight is 436 g/mol. The highest BCUT2D eigenvalue weighted by Crippen LogP contribution is 2.41. The molecule has 5 N–H and O–H groups in total. The molecule has 0 bridgehead atoms. The second-order valence-electron chi connectivity index (χ2n) is 5.97. The fraction of sp³-hybridized carbons (Fsp3) is 0.176. The van der Waals surface area contributed by atoms with Gasteiger partial charge in [0.1, 0.15) is 16.6 Å². The highest BCUT2D eigenvalue weighted by atomic mass is 35.5. The molecule has 0 saturated carbocycles. The van der Waals surface area contributed by atoms with E-state index >= 15 is 0 Å². The lowest BCUT2D eigenvalue weighted by Crippen LogP contribution is -2.15. The molecular formula is C17H15Cl2N7OS. The van der Waals surface area contributed by atoms with Crippen molar-refractivity contribution in [3.05, 3.63) is 44.3 Å². The van der Waals surface area contributed by atoms with Crippen LogP contribution in [-0.2, 0) is 0 Å². The molecule has 3 heterocycles. The summed E-state index contributed by atoms with van der Waals surface area (Å²) in [5.41, 5.74) is 13.9. The zero-order valence-electron chi connectivity index (χ0n) is 14.6. The number of ether oxygens (including phenoxy) is 1. The molecular weight excluding hydrogens is 421 g/mol. The molecule has 1 aliphatic heterocycles. The molecule has 0 saturated heterocycles. The van der Waals surface area contributed by atoms with Crippen molar-refractivity contribution < 1.29 is 4.74 Å². The number of fused-ring (bicyclic) bond motifs is 1. The summed E-state index contributed by atoms with van der Waals surface area (Å²) in [4.78, 5) is 17.9. The molecule has 1 atom stereocenters. The minimum atomic E-state index is -0.270. The van der Waals surface area contributed by atoms with Gasteiger partial charge in [-0.15, -0.1) is 11.3 Å². The van der Waals surface area contributed by atoms with Gasteiger partial charge in [-0.05, 0) is 29.8 Å². The van der Waals surface area contributed by atoms with Crippen LogP contribution >= 0.6 is 34.5 Å². The van der Waals surface area contributed by atoms with Crippen molar-refractivity contribution in [1.29, 1.82) is 0 Å². The van der Waals surface area contributed by atoms with Crippen molar-refractivity contribution in [3.8, 4) is 5.75 Å². The Morgan fingerprint density at radius 2 is 1.89 bits per heavy atom. The zero-order valence-corrected chi connectivity index (χ0v) is 16.9. The minimum absolute atomic E-state index is 0.0547. The molecule has 2 aromatic heterocycles. The fourth-order valence-corrected chi connectivity index (χ4v) is 4.41. The van der Waals surface area contributed by atoms with Gasteiger partial charge in [0.05, 0.1) is 23.7 Å². The summed E-state index contributed by atoms with van der Waals surface area (Å²) in [7, 11) is 1.62. The van der Waals surface area contributed by atoms with E-state index in [-0.39, 0.29) is 17.8 Å². The van der Waals surface area contributed by atoms with Gasteiger partial charge in [0, 0.05) is 6.42 Å². The summed E-state index contributed by atoms with van der Waals surface area (Å²) in [6, 6.07) is 7.31. The van der Waals surface area contributed by atoms with Crippen LogP contribution in [0.25, 0.3) is 0 Å². The first kappa shape index (κ1) is 18.7. The maximum atomic E-state index is 6.29. The van der Waals surface area contributed by atoms with Crippen molar-refractivity contribution in [2.75, 3.05) is 23.9 Å². The molecule has 4 rings (SSSR count). The maximum Gasteiger partial charge on any atom is 0.224 e. The summed E-state index contributed by atoms with van der Waals surface area (Å²) < 4.78 is 5.59. The van der Waals surface area contributed by atoms with E-state index < -0.39 is 0 Å². The van der Waals surface area contributed by atoms with Crippen molar-refractivity contribution in [2.24, 2.45) is 4.99 Å². The topological polar surface area (TPSA) is 124 Å². The first-order valence-corrected chi connectivity index (χ1v) is 9.75. The van der Waals surface area contributed by atoms with Crippen molar-refractivity contribution in [2.45, 2.75) is 12.5 Å². The van der Waals surface area contributed by atoms with E-state index in [0.29, 0.717) is 27.5 Å². The maximum absolute atomic E-state index is 6.29. The molecule has 0 radical (unpaired) electrons. The lowest BCUT2D eigenvalue weighted by Gasteiger charge is -2.17. The number of hydrogen-bond donors (Lipinski definition) is 3. The Kier molecular flexibility index (Phi) is 4.96. The van der Waals surface area contributed by atoms with Crippen LogP contribution in [0.4, 0.5) is 23.3 Å². The van der Waals surface area contributed by atoms with Crippen LogP contribution in [0.1, 0.15) is 22.9 Å². The number of halogens is 2. The Hall–Kier alpha value is -2.62. The predicted octanol–water partition coefficient (Wildman–Crippen LogP) is 4.09. The van der Waals surface area contributed by atoms with Gasteiger partial charge in [-0.1, -0.05) is 23.2 Å². The van der Waals surface area contributed by atoms with E-state index in [9.17, 15) is 0 Å². The number of nitrogens with one attached hydrogen (secondary N) is 1. The van der Waals surface area contributed by atoms with Crippen LogP contribution in [-0.4, -0.2) is 27.8 Å². The third-order valence-corrected chi connectivity index (χ3v) is 5.88. The van der Waals surface area contributed by atoms with E-state index in [4.69, 9.17) is 44.4 Å². The van der Waals surface area contributed by atoms with E-state index in [1.165, 1.54) is 11.3 Å². The number of aromatic nitrogens is 3. The van der Waals surface area contributed by atoms with Gasteiger partial charge in [-0.25, -0.2) is 9.98 Å². The van der Waals surface area contributed by atoms with Crippen LogP contribution < -0.4 is 21.5 Å². The summed E-state index contributed by atoms with van der Waals surface area (Å²) in [5.74, 6) is 1.43. The van der Waals surface area contributed by atoms with Gasteiger partial charge in [-0.2, -0.15) is 9.97 Å². The van der Waals surface area contributed by atoms with Gasteiger partial charge in [0.25, 0.3) is 0 Å². The van der Waals surface area contributed by atoms with Gasteiger partial charge in [0.15, 0.2) is 16.1 Å². The summed E-state index contributed by atoms with van der Waals surface area (Å²) in [6.07, 6.45) is 0.500. The number of nitrogens with two attached hydrogens (primary N) is 2. The van der Waals surface area contributed by atoms with Crippen LogP contribution in [0.2, 0.25) is 9.62 Å². The molecule has 11 heteroatoms. The van der Waals surface area contributed by atoms with Gasteiger partial charge in [-0.3, -0.25) is 0 Å². The van der Waals surface area contributed by atoms with Crippen molar-refractivity contribution in [1.82, 2.24) is 15.0 Å². The number of hydrogen-bond acceptors (Lipinski definition) is 9. The van der Waals surface area contributed by atoms with E-state index in [0.717, 1.165) is 21.9 Å². The van der Waals surface area contributed by atoms with Gasteiger partial charge < -0.3 is 21.5 Å². The van der Waals surface area contributed by atoms with Crippen LogP contribution in [0.3, 0.4) is 0 Å². The summed E-state index contributed by atoms with van der Waals surface area (Å²) >= 11 is 13.6. The largest absolute Gasteiger partial charge is 0.497 e.